The minimum Gasteiger partial charge on any atom is -0.380 e. The van der Waals surface area contributed by atoms with Crippen molar-refractivity contribution >= 4 is 0 Å². The number of nitrogens with one attached hydrogen (secondary N) is 1. The van der Waals surface area contributed by atoms with E-state index in [0.29, 0.717) is 12.1 Å². The van der Waals surface area contributed by atoms with E-state index in [1.54, 1.807) is 7.11 Å². The van der Waals surface area contributed by atoms with Gasteiger partial charge in [0.2, 0.25) is 0 Å². The van der Waals surface area contributed by atoms with Gasteiger partial charge >= 0.3 is 0 Å². The van der Waals surface area contributed by atoms with Crippen LogP contribution in [0.4, 0.5) is 0 Å². The van der Waals surface area contributed by atoms with Gasteiger partial charge in [-0.25, -0.2) is 0 Å². The highest BCUT2D eigenvalue weighted by atomic mass is 16.5. The Morgan fingerprint density at radius 2 is 1.79 bits per heavy atom. The number of hydrogen-bond acceptors (Lipinski definition) is 2. The zero-order chi connectivity index (χ0) is 10.8. The molecule has 0 heterocycles. The number of likely N-dealkylation sites (N-methyl/N-ethyl adjacent to an activating group) is 1. The highest BCUT2D eigenvalue weighted by Crippen LogP contribution is 2.10. The highest BCUT2D eigenvalue weighted by molar-refractivity contribution is 4.71. The second-order valence-corrected chi connectivity index (χ2v) is 4.04. The molecule has 0 bridgehead atoms. The largest absolute Gasteiger partial charge is 0.380 e. The van der Waals surface area contributed by atoms with Gasteiger partial charge in [-0.15, -0.1) is 0 Å². The van der Waals surface area contributed by atoms with Crippen LogP contribution in [0.1, 0.15) is 52.4 Å². The Bertz CT molecular complexity index is 117. The molecule has 0 aromatic rings. The minimum atomic E-state index is 0.325. The second-order valence-electron chi connectivity index (χ2n) is 4.04. The maximum Gasteiger partial charge on any atom is 0.0696 e. The van der Waals surface area contributed by atoms with Gasteiger partial charge in [-0.2, -0.15) is 0 Å². The average Bonchev–Trinajstić information content (AvgIpc) is 2.22. The van der Waals surface area contributed by atoms with Crippen molar-refractivity contribution in [2.45, 2.75) is 64.5 Å². The third-order valence-corrected chi connectivity index (χ3v) is 2.93. The van der Waals surface area contributed by atoms with Crippen molar-refractivity contribution < 1.29 is 4.74 Å². The topological polar surface area (TPSA) is 21.3 Å². The molecule has 2 heteroatoms. The van der Waals surface area contributed by atoms with Gasteiger partial charge in [-0.05, 0) is 20.4 Å². The molecule has 0 aliphatic carbocycles. The molecule has 14 heavy (non-hydrogen) atoms. The van der Waals surface area contributed by atoms with E-state index < -0.39 is 0 Å². The predicted molar refractivity (Wildman–Crippen MR) is 62.7 cm³/mol. The van der Waals surface area contributed by atoms with Crippen molar-refractivity contribution in [1.82, 2.24) is 5.32 Å². The predicted octanol–water partition coefficient (Wildman–Crippen LogP) is 2.97. The zero-order valence-corrected chi connectivity index (χ0v) is 10.3. The molecule has 0 aromatic carbocycles. The van der Waals surface area contributed by atoms with E-state index in [-0.39, 0.29) is 0 Å². The van der Waals surface area contributed by atoms with Crippen LogP contribution in [0.3, 0.4) is 0 Å². The SMILES string of the molecule is CCCCCCCC(NC)C(C)OC. The zero-order valence-electron chi connectivity index (χ0n) is 10.3. The Labute approximate surface area is 89.4 Å². The molecular weight excluding hydrogens is 174 g/mol. The van der Waals surface area contributed by atoms with Crippen molar-refractivity contribution in [2.75, 3.05) is 14.2 Å². The molecule has 0 rings (SSSR count). The summed E-state index contributed by atoms with van der Waals surface area (Å²) in [4.78, 5) is 0. The highest BCUT2D eigenvalue weighted by Gasteiger charge is 2.13. The lowest BCUT2D eigenvalue weighted by Crippen LogP contribution is -2.36. The molecule has 0 saturated heterocycles. The molecule has 2 nitrogen and oxygen atoms in total. The van der Waals surface area contributed by atoms with Crippen molar-refractivity contribution in [3.63, 3.8) is 0 Å². The number of rotatable bonds is 9. The number of methoxy groups -OCH3 is 1. The molecule has 0 aliphatic heterocycles. The van der Waals surface area contributed by atoms with Gasteiger partial charge in [0.1, 0.15) is 0 Å². The first-order valence-corrected chi connectivity index (χ1v) is 5.96. The lowest BCUT2D eigenvalue weighted by molar-refractivity contribution is 0.0818. The fourth-order valence-electron chi connectivity index (χ4n) is 1.75. The molecule has 0 aliphatic rings. The van der Waals surface area contributed by atoms with Crippen LogP contribution in [-0.4, -0.2) is 26.3 Å². The second kappa shape index (κ2) is 9.47. The van der Waals surface area contributed by atoms with Crippen molar-refractivity contribution in [3.05, 3.63) is 0 Å². The molecule has 86 valence electrons. The molecule has 1 N–H and O–H groups in total. The maximum absolute atomic E-state index is 5.32. The summed E-state index contributed by atoms with van der Waals surface area (Å²) in [5, 5.41) is 3.32. The van der Waals surface area contributed by atoms with Crippen LogP contribution < -0.4 is 5.32 Å². The standard InChI is InChI=1S/C12H27NO/c1-5-6-7-8-9-10-12(13-3)11(2)14-4/h11-13H,5-10H2,1-4H3. The first kappa shape index (κ1) is 13.9. The molecule has 2 atom stereocenters. The Balaban J connectivity index is 3.42. The molecule has 0 aromatic heterocycles. The van der Waals surface area contributed by atoms with E-state index in [1.807, 2.05) is 7.05 Å². The quantitative estimate of drug-likeness (QED) is 0.579. The fourth-order valence-corrected chi connectivity index (χ4v) is 1.75. The number of unbranched alkanes of at least 4 members (excludes halogenated alkanes) is 4. The van der Waals surface area contributed by atoms with Gasteiger partial charge in [0.15, 0.2) is 0 Å². The van der Waals surface area contributed by atoms with Crippen LogP contribution in [0.15, 0.2) is 0 Å². The summed E-state index contributed by atoms with van der Waals surface area (Å²) in [5.74, 6) is 0. The van der Waals surface area contributed by atoms with Crippen LogP contribution in [-0.2, 0) is 4.74 Å². The van der Waals surface area contributed by atoms with E-state index in [9.17, 15) is 0 Å². The van der Waals surface area contributed by atoms with Crippen LogP contribution in [0, 0.1) is 0 Å². The molecule has 0 amide bonds. The molecule has 0 spiro atoms. The maximum atomic E-state index is 5.32. The van der Waals surface area contributed by atoms with Crippen LogP contribution in [0.2, 0.25) is 0 Å². The van der Waals surface area contributed by atoms with Crippen molar-refractivity contribution in [3.8, 4) is 0 Å². The van der Waals surface area contributed by atoms with Crippen molar-refractivity contribution in [1.29, 1.82) is 0 Å². The summed E-state index contributed by atoms with van der Waals surface area (Å²) in [6, 6.07) is 0.515. The van der Waals surface area contributed by atoms with Crippen LogP contribution in [0.5, 0.6) is 0 Å². The molecule has 0 saturated carbocycles. The summed E-state index contributed by atoms with van der Waals surface area (Å²) in [7, 11) is 3.80. The summed E-state index contributed by atoms with van der Waals surface area (Å²) < 4.78 is 5.32. The minimum absolute atomic E-state index is 0.325. The van der Waals surface area contributed by atoms with E-state index in [2.05, 4.69) is 19.2 Å². The van der Waals surface area contributed by atoms with Gasteiger partial charge in [0.25, 0.3) is 0 Å². The van der Waals surface area contributed by atoms with E-state index >= 15 is 0 Å². The monoisotopic (exact) mass is 201 g/mol. The smallest absolute Gasteiger partial charge is 0.0696 e. The average molecular weight is 201 g/mol. The Morgan fingerprint density at radius 3 is 2.29 bits per heavy atom. The normalized spacial score (nSPS) is 15.4. The van der Waals surface area contributed by atoms with E-state index in [1.165, 1.54) is 38.5 Å². The summed E-state index contributed by atoms with van der Waals surface area (Å²) >= 11 is 0. The molecule has 0 radical (unpaired) electrons. The van der Waals surface area contributed by atoms with Crippen molar-refractivity contribution in [2.24, 2.45) is 0 Å². The fraction of sp³-hybridized carbons (Fsp3) is 1.00. The number of ether oxygens (including phenoxy) is 1. The molecular formula is C12H27NO. The number of hydrogen-bond donors (Lipinski definition) is 1. The first-order valence-electron chi connectivity index (χ1n) is 5.96. The summed E-state index contributed by atoms with van der Waals surface area (Å²) in [6.07, 6.45) is 8.32. The third-order valence-electron chi connectivity index (χ3n) is 2.93. The molecule has 0 fully saturated rings. The summed E-state index contributed by atoms with van der Waals surface area (Å²) in [5.41, 5.74) is 0. The van der Waals surface area contributed by atoms with Gasteiger partial charge in [-0.1, -0.05) is 39.0 Å². The van der Waals surface area contributed by atoms with Gasteiger partial charge in [0, 0.05) is 13.2 Å². The van der Waals surface area contributed by atoms with Gasteiger partial charge in [-0.3, -0.25) is 0 Å². The molecule has 2 unspecified atom stereocenters. The van der Waals surface area contributed by atoms with E-state index in [4.69, 9.17) is 4.74 Å². The summed E-state index contributed by atoms with van der Waals surface area (Å²) in [6.45, 7) is 4.39. The van der Waals surface area contributed by atoms with Crippen LogP contribution in [0.25, 0.3) is 0 Å². The van der Waals surface area contributed by atoms with Gasteiger partial charge < -0.3 is 10.1 Å². The van der Waals surface area contributed by atoms with E-state index in [0.717, 1.165) is 0 Å². The lowest BCUT2D eigenvalue weighted by Gasteiger charge is -2.22. The lowest BCUT2D eigenvalue weighted by atomic mass is 10.0. The van der Waals surface area contributed by atoms with Gasteiger partial charge in [0.05, 0.1) is 6.10 Å². The Morgan fingerprint density at radius 1 is 1.14 bits per heavy atom. The first-order chi connectivity index (χ1) is 6.76. The van der Waals surface area contributed by atoms with Crippen LogP contribution >= 0.6 is 0 Å². The third kappa shape index (κ3) is 6.39. The Kier molecular flexibility index (Phi) is 9.42. The Hall–Kier alpha value is -0.0800.